The average Bonchev–Trinajstić information content (AvgIpc) is 3.02. The van der Waals surface area contributed by atoms with E-state index >= 15 is 0 Å². The van der Waals surface area contributed by atoms with Gasteiger partial charge in [-0.2, -0.15) is 0 Å². The van der Waals surface area contributed by atoms with Crippen LogP contribution in [0.3, 0.4) is 0 Å². The first-order valence-corrected chi connectivity index (χ1v) is 8.69. The molecule has 4 nitrogen and oxygen atoms in total. The van der Waals surface area contributed by atoms with Crippen molar-refractivity contribution in [3.8, 4) is 11.5 Å². The van der Waals surface area contributed by atoms with Crippen LogP contribution in [0.5, 0.6) is 0 Å². The zero-order chi connectivity index (χ0) is 16.3. The lowest BCUT2D eigenvalue weighted by Crippen LogP contribution is -2.30. The molecule has 1 aromatic heterocycles. The van der Waals surface area contributed by atoms with Gasteiger partial charge in [-0.15, -0.1) is 10.2 Å². The van der Waals surface area contributed by atoms with Crippen LogP contribution in [0, 0.1) is 0 Å². The Balaban J connectivity index is 1.62. The normalized spacial score (nSPS) is 16.7. The van der Waals surface area contributed by atoms with Crippen LogP contribution < -0.4 is 5.32 Å². The number of benzene rings is 1. The first kappa shape index (κ1) is 16.2. The molecular formula is C19H27N3O. The molecule has 124 valence electrons. The van der Waals surface area contributed by atoms with Gasteiger partial charge in [-0.3, -0.25) is 0 Å². The van der Waals surface area contributed by atoms with Gasteiger partial charge in [-0.25, -0.2) is 0 Å². The van der Waals surface area contributed by atoms with Gasteiger partial charge in [0, 0.05) is 11.6 Å². The van der Waals surface area contributed by atoms with Gasteiger partial charge in [0.1, 0.15) is 0 Å². The van der Waals surface area contributed by atoms with Crippen molar-refractivity contribution >= 4 is 0 Å². The quantitative estimate of drug-likeness (QED) is 0.905. The van der Waals surface area contributed by atoms with Gasteiger partial charge in [0.05, 0.1) is 6.54 Å². The standard InChI is InChI=1S/C19H27N3O/c1-19(2,3)15-11-9-14(10-12-15)18-22-21-17(23-18)13-20-16-7-5-4-6-8-16/h9-12,16,20H,4-8,13H2,1-3H3. The molecule has 0 amide bonds. The number of nitrogens with zero attached hydrogens (tertiary/aromatic N) is 2. The highest BCUT2D eigenvalue weighted by Crippen LogP contribution is 2.25. The third-order valence-electron chi connectivity index (χ3n) is 4.61. The van der Waals surface area contributed by atoms with Gasteiger partial charge in [-0.05, 0) is 36.0 Å². The van der Waals surface area contributed by atoms with Crippen molar-refractivity contribution in [3.63, 3.8) is 0 Å². The number of nitrogens with one attached hydrogen (secondary N) is 1. The maximum absolute atomic E-state index is 5.80. The van der Waals surface area contributed by atoms with E-state index in [0.717, 1.165) is 5.56 Å². The highest BCUT2D eigenvalue weighted by atomic mass is 16.4. The SMILES string of the molecule is CC(C)(C)c1ccc(-c2nnc(CNC3CCCCC3)o2)cc1. The summed E-state index contributed by atoms with van der Waals surface area (Å²) in [6.45, 7) is 7.30. The van der Waals surface area contributed by atoms with E-state index in [1.54, 1.807) is 0 Å². The van der Waals surface area contributed by atoms with E-state index in [9.17, 15) is 0 Å². The lowest BCUT2D eigenvalue weighted by atomic mass is 9.87. The third kappa shape index (κ3) is 4.20. The van der Waals surface area contributed by atoms with Crippen LogP contribution >= 0.6 is 0 Å². The molecule has 3 rings (SSSR count). The Hall–Kier alpha value is -1.68. The summed E-state index contributed by atoms with van der Waals surface area (Å²) in [6, 6.07) is 9.00. The van der Waals surface area contributed by atoms with Crippen LogP contribution in [0.4, 0.5) is 0 Å². The summed E-state index contributed by atoms with van der Waals surface area (Å²) in [5.74, 6) is 1.27. The predicted octanol–water partition coefficient (Wildman–Crippen LogP) is 4.46. The largest absolute Gasteiger partial charge is 0.419 e. The Morgan fingerprint density at radius 3 is 2.39 bits per heavy atom. The van der Waals surface area contributed by atoms with Crippen molar-refractivity contribution < 1.29 is 4.42 Å². The second-order valence-electron chi connectivity index (χ2n) is 7.54. The Morgan fingerprint density at radius 1 is 1.04 bits per heavy atom. The van der Waals surface area contributed by atoms with Crippen LogP contribution in [0.2, 0.25) is 0 Å². The van der Waals surface area contributed by atoms with E-state index in [0.29, 0.717) is 24.4 Å². The second kappa shape index (κ2) is 6.83. The molecule has 1 saturated carbocycles. The highest BCUT2D eigenvalue weighted by molar-refractivity contribution is 5.53. The van der Waals surface area contributed by atoms with Crippen molar-refractivity contribution in [3.05, 3.63) is 35.7 Å². The van der Waals surface area contributed by atoms with Crippen LogP contribution in [0.1, 0.15) is 64.3 Å². The van der Waals surface area contributed by atoms with Crippen molar-refractivity contribution in [2.45, 2.75) is 70.9 Å². The van der Waals surface area contributed by atoms with E-state index in [2.05, 4.69) is 60.6 Å². The van der Waals surface area contributed by atoms with Crippen LogP contribution in [-0.4, -0.2) is 16.2 Å². The molecular weight excluding hydrogens is 286 g/mol. The second-order valence-corrected chi connectivity index (χ2v) is 7.54. The van der Waals surface area contributed by atoms with Crippen molar-refractivity contribution in [2.75, 3.05) is 0 Å². The molecule has 1 aliphatic carbocycles. The van der Waals surface area contributed by atoms with E-state index in [-0.39, 0.29) is 5.41 Å². The highest BCUT2D eigenvalue weighted by Gasteiger charge is 2.16. The van der Waals surface area contributed by atoms with Gasteiger partial charge in [0.15, 0.2) is 0 Å². The van der Waals surface area contributed by atoms with Gasteiger partial charge in [0.2, 0.25) is 11.8 Å². The molecule has 0 aliphatic heterocycles. The molecule has 0 saturated heterocycles. The molecule has 0 unspecified atom stereocenters. The molecule has 1 aromatic carbocycles. The van der Waals surface area contributed by atoms with Gasteiger partial charge in [-0.1, -0.05) is 52.2 Å². The maximum Gasteiger partial charge on any atom is 0.247 e. The summed E-state index contributed by atoms with van der Waals surface area (Å²) in [5, 5.41) is 11.9. The van der Waals surface area contributed by atoms with Gasteiger partial charge < -0.3 is 9.73 Å². The summed E-state index contributed by atoms with van der Waals surface area (Å²) in [5.41, 5.74) is 2.44. The molecule has 4 heteroatoms. The number of hydrogen-bond acceptors (Lipinski definition) is 4. The average molecular weight is 313 g/mol. The smallest absolute Gasteiger partial charge is 0.247 e. The zero-order valence-corrected chi connectivity index (χ0v) is 14.4. The molecule has 1 fully saturated rings. The van der Waals surface area contributed by atoms with Crippen molar-refractivity contribution in [1.82, 2.24) is 15.5 Å². The third-order valence-corrected chi connectivity index (χ3v) is 4.61. The molecule has 1 heterocycles. The lowest BCUT2D eigenvalue weighted by molar-refractivity contribution is 0.354. The lowest BCUT2D eigenvalue weighted by Gasteiger charge is -2.21. The first-order chi connectivity index (χ1) is 11.0. The van der Waals surface area contributed by atoms with Crippen molar-refractivity contribution in [2.24, 2.45) is 0 Å². The minimum absolute atomic E-state index is 0.155. The van der Waals surface area contributed by atoms with E-state index < -0.39 is 0 Å². The fourth-order valence-corrected chi connectivity index (χ4v) is 3.09. The molecule has 0 atom stereocenters. The predicted molar refractivity (Wildman–Crippen MR) is 92.1 cm³/mol. The summed E-state index contributed by atoms with van der Waals surface area (Å²) in [7, 11) is 0. The summed E-state index contributed by atoms with van der Waals surface area (Å²) in [4.78, 5) is 0. The fraction of sp³-hybridized carbons (Fsp3) is 0.579. The van der Waals surface area contributed by atoms with Crippen molar-refractivity contribution in [1.29, 1.82) is 0 Å². The van der Waals surface area contributed by atoms with E-state index in [1.165, 1.54) is 37.7 Å². The zero-order valence-electron chi connectivity index (χ0n) is 14.4. The summed E-state index contributed by atoms with van der Waals surface area (Å²) in [6.07, 6.45) is 6.54. The number of hydrogen-bond donors (Lipinski definition) is 1. The van der Waals surface area contributed by atoms with Crippen LogP contribution in [0.25, 0.3) is 11.5 Å². The van der Waals surface area contributed by atoms with Crippen LogP contribution in [0.15, 0.2) is 28.7 Å². The molecule has 0 bridgehead atoms. The number of rotatable bonds is 4. The molecule has 0 radical (unpaired) electrons. The Bertz CT molecular complexity index is 619. The monoisotopic (exact) mass is 313 g/mol. The summed E-state index contributed by atoms with van der Waals surface area (Å²) < 4.78 is 5.80. The molecule has 1 aliphatic rings. The fourth-order valence-electron chi connectivity index (χ4n) is 3.09. The topological polar surface area (TPSA) is 51.0 Å². The Kier molecular flexibility index (Phi) is 4.81. The molecule has 0 spiro atoms. The minimum Gasteiger partial charge on any atom is -0.419 e. The number of aromatic nitrogens is 2. The minimum atomic E-state index is 0.155. The molecule has 2 aromatic rings. The Labute approximate surface area is 138 Å². The maximum atomic E-state index is 5.80. The van der Waals surface area contributed by atoms with Gasteiger partial charge in [0.25, 0.3) is 0 Å². The van der Waals surface area contributed by atoms with Gasteiger partial charge >= 0.3 is 0 Å². The van der Waals surface area contributed by atoms with E-state index in [1.807, 2.05) is 0 Å². The first-order valence-electron chi connectivity index (χ1n) is 8.69. The Morgan fingerprint density at radius 2 is 1.74 bits per heavy atom. The molecule has 23 heavy (non-hydrogen) atoms. The molecule has 1 N–H and O–H groups in total. The van der Waals surface area contributed by atoms with Crippen LogP contribution in [-0.2, 0) is 12.0 Å². The van der Waals surface area contributed by atoms with E-state index in [4.69, 9.17) is 4.42 Å². The summed E-state index contributed by atoms with van der Waals surface area (Å²) >= 11 is 0.